The molecule has 0 aliphatic carbocycles. The molecule has 1 aromatic rings. The fraction of sp³-hybridized carbons (Fsp3) is 0.583. The second-order valence-corrected chi connectivity index (χ2v) is 4.36. The molecule has 0 fully saturated rings. The maximum atomic E-state index is 12.0. The van der Waals surface area contributed by atoms with Gasteiger partial charge in [0, 0.05) is 18.2 Å². The Hall–Kier alpha value is -1.30. The summed E-state index contributed by atoms with van der Waals surface area (Å²) in [4.78, 5) is 3.87. The first-order valence-electron chi connectivity index (χ1n) is 5.53. The Bertz CT molecular complexity index is 391. The van der Waals surface area contributed by atoms with Crippen molar-refractivity contribution in [3.63, 3.8) is 0 Å². The van der Waals surface area contributed by atoms with Gasteiger partial charge in [-0.3, -0.25) is 4.98 Å². The zero-order valence-electron chi connectivity index (χ0n) is 10.3. The number of alkyl halides is 3. The molecule has 6 heteroatoms. The second-order valence-electron chi connectivity index (χ2n) is 4.36. The van der Waals surface area contributed by atoms with Crippen LogP contribution in [-0.4, -0.2) is 23.4 Å². The first-order valence-corrected chi connectivity index (χ1v) is 5.53. The van der Waals surface area contributed by atoms with Crippen molar-refractivity contribution in [2.45, 2.75) is 38.0 Å². The van der Waals surface area contributed by atoms with E-state index in [-0.39, 0.29) is 12.8 Å². The predicted molar refractivity (Wildman–Crippen MR) is 60.3 cm³/mol. The van der Waals surface area contributed by atoms with E-state index in [2.05, 4.69) is 4.98 Å². The van der Waals surface area contributed by atoms with E-state index >= 15 is 0 Å². The van der Waals surface area contributed by atoms with Crippen molar-refractivity contribution in [3.05, 3.63) is 24.0 Å². The molecular formula is C12H16F3NO2. The van der Waals surface area contributed by atoms with Gasteiger partial charge in [-0.25, -0.2) is 0 Å². The molecule has 1 N–H and O–H groups in total. The van der Waals surface area contributed by atoms with Crippen LogP contribution in [0.15, 0.2) is 18.5 Å². The molecule has 1 aromatic heterocycles. The molecule has 18 heavy (non-hydrogen) atoms. The van der Waals surface area contributed by atoms with E-state index in [0.29, 0.717) is 11.3 Å². The summed E-state index contributed by atoms with van der Waals surface area (Å²) in [5.74, 6) is 0.462. The van der Waals surface area contributed by atoms with Gasteiger partial charge >= 0.3 is 6.18 Å². The van der Waals surface area contributed by atoms with Crippen molar-refractivity contribution in [1.29, 1.82) is 0 Å². The number of hydrogen-bond donors (Lipinski definition) is 1. The number of aromatic nitrogens is 1. The van der Waals surface area contributed by atoms with E-state index in [1.54, 1.807) is 6.07 Å². The molecule has 0 amide bonds. The van der Waals surface area contributed by atoms with Crippen molar-refractivity contribution in [2.75, 3.05) is 7.11 Å². The minimum Gasteiger partial charge on any atom is -0.495 e. The van der Waals surface area contributed by atoms with E-state index in [9.17, 15) is 18.3 Å². The number of aliphatic hydroxyl groups is 1. The summed E-state index contributed by atoms with van der Waals surface area (Å²) in [5, 5.41) is 10.1. The minimum absolute atomic E-state index is 0.0152. The number of rotatable bonds is 5. The third-order valence-corrected chi connectivity index (χ3v) is 2.69. The average molecular weight is 263 g/mol. The Kier molecular flexibility index (Phi) is 4.56. The molecule has 1 rings (SSSR count). The maximum absolute atomic E-state index is 12.0. The number of hydrogen-bond acceptors (Lipinski definition) is 3. The molecular weight excluding hydrogens is 247 g/mol. The summed E-state index contributed by atoms with van der Waals surface area (Å²) in [6.45, 7) is 1.47. The molecule has 1 atom stereocenters. The lowest BCUT2D eigenvalue weighted by Gasteiger charge is -2.24. The fourth-order valence-electron chi connectivity index (χ4n) is 1.60. The van der Waals surface area contributed by atoms with Crippen LogP contribution in [0.3, 0.4) is 0 Å². The second kappa shape index (κ2) is 5.56. The number of halogens is 3. The van der Waals surface area contributed by atoms with Gasteiger partial charge in [0.1, 0.15) is 5.75 Å². The van der Waals surface area contributed by atoms with Crippen LogP contribution in [0.2, 0.25) is 0 Å². The van der Waals surface area contributed by atoms with Crippen LogP contribution in [0.4, 0.5) is 13.2 Å². The van der Waals surface area contributed by atoms with E-state index in [1.165, 1.54) is 26.4 Å². The van der Waals surface area contributed by atoms with Crippen molar-refractivity contribution in [3.8, 4) is 5.75 Å². The number of pyridine rings is 1. The Morgan fingerprint density at radius 3 is 2.50 bits per heavy atom. The molecule has 3 nitrogen and oxygen atoms in total. The minimum atomic E-state index is -4.19. The molecule has 0 radical (unpaired) electrons. The van der Waals surface area contributed by atoms with Gasteiger partial charge < -0.3 is 9.84 Å². The topological polar surface area (TPSA) is 42.4 Å². The Balaban J connectivity index is 2.67. The highest BCUT2D eigenvalue weighted by atomic mass is 19.4. The first-order chi connectivity index (χ1) is 8.24. The molecule has 0 spiro atoms. The predicted octanol–water partition coefficient (Wildman–Crippen LogP) is 3.03. The third kappa shape index (κ3) is 4.52. The zero-order valence-corrected chi connectivity index (χ0v) is 10.3. The summed E-state index contributed by atoms with van der Waals surface area (Å²) in [6, 6.07) is 1.57. The highest BCUT2D eigenvalue weighted by Crippen LogP contribution is 2.31. The fourth-order valence-corrected chi connectivity index (χ4v) is 1.60. The average Bonchev–Trinajstić information content (AvgIpc) is 2.27. The summed E-state index contributed by atoms with van der Waals surface area (Å²) >= 11 is 0. The summed E-state index contributed by atoms with van der Waals surface area (Å²) in [5.41, 5.74) is -0.892. The van der Waals surface area contributed by atoms with Crippen LogP contribution >= 0.6 is 0 Å². The summed E-state index contributed by atoms with van der Waals surface area (Å²) in [6.07, 6.45) is -2.32. The van der Waals surface area contributed by atoms with Crippen LogP contribution in [0.25, 0.3) is 0 Å². The standard InChI is InChI=1S/C12H16F3NO2/c1-11(17,4-3-5-12(13,14)15)9-6-10(18-2)8-16-7-9/h6-8,17H,3-5H2,1-2H3. The molecule has 1 unspecified atom stereocenters. The summed E-state index contributed by atoms with van der Waals surface area (Å²) < 4.78 is 41.1. The van der Waals surface area contributed by atoms with Gasteiger partial charge in [-0.1, -0.05) is 0 Å². The lowest BCUT2D eigenvalue weighted by atomic mass is 9.91. The number of nitrogens with zero attached hydrogens (tertiary/aromatic N) is 1. The number of ether oxygens (including phenoxy) is 1. The van der Waals surface area contributed by atoms with Gasteiger partial charge in [0.25, 0.3) is 0 Å². The van der Waals surface area contributed by atoms with Crippen molar-refractivity contribution >= 4 is 0 Å². The molecule has 0 aliphatic heterocycles. The highest BCUT2D eigenvalue weighted by Gasteiger charge is 2.30. The van der Waals surface area contributed by atoms with Crippen LogP contribution in [0, 0.1) is 0 Å². The molecule has 102 valence electrons. The van der Waals surface area contributed by atoms with E-state index < -0.39 is 18.2 Å². The highest BCUT2D eigenvalue weighted by molar-refractivity contribution is 5.27. The van der Waals surface area contributed by atoms with Crippen LogP contribution in [0.1, 0.15) is 31.7 Å². The quantitative estimate of drug-likeness (QED) is 0.887. The van der Waals surface area contributed by atoms with Gasteiger partial charge in [0.05, 0.1) is 18.9 Å². The zero-order chi connectivity index (χ0) is 13.8. The SMILES string of the molecule is COc1cncc(C(C)(O)CCCC(F)(F)F)c1. The van der Waals surface area contributed by atoms with Gasteiger partial charge in [-0.05, 0) is 25.8 Å². The molecule has 1 heterocycles. The maximum Gasteiger partial charge on any atom is 0.389 e. The molecule has 0 aliphatic rings. The van der Waals surface area contributed by atoms with E-state index in [1.807, 2.05) is 0 Å². The van der Waals surface area contributed by atoms with Gasteiger partial charge in [-0.2, -0.15) is 13.2 Å². The van der Waals surface area contributed by atoms with Gasteiger partial charge in [0.2, 0.25) is 0 Å². The molecule has 0 bridgehead atoms. The summed E-state index contributed by atoms with van der Waals surface area (Å²) in [7, 11) is 1.46. The van der Waals surface area contributed by atoms with Gasteiger partial charge in [0.15, 0.2) is 0 Å². The monoisotopic (exact) mass is 263 g/mol. The molecule has 0 aromatic carbocycles. The largest absolute Gasteiger partial charge is 0.495 e. The lowest BCUT2D eigenvalue weighted by molar-refractivity contribution is -0.137. The normalized spacial score (nSPS) is 15.2. The molecule has 0 saturated heterocycles. The lowest BCUT2D eigenvalue weighted by Crippen LogP contribution is -2.22. The van der Waals surface area contributed by atoms with Gasteiger partial charge in [-0.15, -0.1) is 0 Å². The van der Waals surface area contributed by atoms with Crippen LogP contribution < -0.4 is 4.74 Å². The van der Waals surface area contributed by atoms with Crippen molar-refractivity contribution in [1.82, 2.24) is 4.98 Å². The third-order valence-electron chi connectivity index (χ3n) is 2.69. The van der Waals surface area contributed by atoms with E-state index in [4.69, 9.17) is 4.74 Å². The Labute approximate surface area is 104 Å². The molecule has 0 saturated carbocycles. The van der Waals surface area contributed by atoms with Crippen LogP contribution in [0.5, 0.6) is 5.75 Å². The van der Waals surface area contributed by atoms with Crippen LogP contribution in [-0.2, 0) is 5.60 Å². The smallest absolute Gasteiger partial charge is 0.389 e. The Morgan fingerprint density at radius 2 is 1.94 bits per heavy atom. The Morgan fingerprint density at radius 1 is 1.28 bits per heavy atom. The van der Waals surface area contributed by atoms with Crippen molar-refractivity contribution < 1.29 is 23.0 Å². The van der Waals surface area contributed by atoms with E-state index in [0.717, 1.165) is 0 Å². The first kappa shape index (κ1) is 14.8. The van der Waals surface area contributed by atoms with Crippen molar-refractivity contribution in [2.24, 2.45) is 0 Å². The number of methoxy groups -OCH3 is 1.